The average Bonchev–Trinajstić information content (AvgIpc) is 2.36. The number of ether oxygens (including phenoxy) is 1. The van der Waals surface area contributed by atoms with E-state index in [2.05, 4.69) is 32.6 Å². The fourth-order valence-corrected chi connectivity index (χ4v) is 2.10. The molecule has 0 fully saturated rings. The summed E-state index contributed by atoms with van der Waals surface area (Å²) in [5, 5.41) is 9.09. The summed E-state index contributed by atoms with van der Waals surface area (Å²) in [6.07, 6.45) is 0. The van der Waals surface area contributed by atoms with Gasteiger partial charge in [0.25, 0.3) is 0 Å². The minimum Gasteiger partial charge on any atom is -0.496 e. The number of carbonyl (C=O) groups is 1. The molecule has 0 aromatic heterocycles. The minimum absolute atomic E-state index is 0.159. The number of methoxy groups -OCH3 is 1. The summed E-state index contributed by atoms with van der Waals surface area (Å²) in [6, 6.07) is 5.33. The molecule has 1 atom stereocenters. The van der Waals surface area contributed by atoms with Crippen molar-refractivity contribution in [3.8, 4) is 5.75 Å². The molecule has 4 nitrogen and oxygen atoms in total. The predicted molar refractivity (Wildman–Crippen MR) is 80.3 cm³/mol. The Hall–Kier alpha value is -1.55. The molecule has 0 bridgehead atoms. The Labute approximate surface area is 121 Å². The quantitative estimate of drug-likeness (QED) is 0.898. The zero-order valence-electron chi connectivity index (χ0n) is 13.2. The summed E-state index contributed by atoms with van der Waals surface area (Å²) < 4.78 is 5.33. The van der Waals surface area contributed by atoms with Gasteiger partial charge < -0.3 is 9.84 Å². The predicted octanol–water partition coefficient (Wildman–Crippen LogP) is 3.26. The Bertz CT molecular complexity index is 477. The molecular weight excluding hydrogens is 254 g/mol. The van der Waals surface area contributed by atoms with E-state index in [-0.39, 0.29) is 11.0 Å². The van der Waals surface area contributed by atoms with Crippen molar-refractivity contribution in [1.29, 1.82) is 0 Å². The second kappa shape index (κ2) is 6.27. The Balaban J connectivity index is 3.01. The van der Waals surface area contributed by atoms with Crippen LogP contribution in [0, 0.1) is 5.41 Å². The number of hydrogen-bond acceptors (Lipinski definition) is 3. The van der Waals surface area contributed by atoms with Crippen molar-refractivity contribution in [2.24, 2.45) is 5.41 Å². The number of hydrogen-bond donors (Lipinski definition) is 1. The lowest BCUT2D eigenvalue weighted by atomic mass is 9.87. The van der Waals surface area contributed by atoms with E-state index in [0.29, 0.717) is 12.6 Å². The molecule has 4 heteroatoms. The molecule has 0 aliphatic rings. The van der Waals surface area contributed by atoms with E-state index in [0.717, 1.165) is 11.3 Å². The zero-order valence-corrected chi connectivity index (χ0v) is 13.2. The van der Waals surface area contributed by atoms with E-state index in [1.807, 2.05) is 7.05 Å². The molecular formula is C16H25NO3. The van der Waals surface area contributed by atoms with Crippen molar-refractivity contribution in [3.63, 3.8) is 0 Å². The van der Waals surface area contributed by atoms with Crippen LogP contribution in [-0.4, -0.2) is 36.2 Å². The van der Waals surface area contributed by atoms with Crippen LogP contribution in [0.4, 0.5) is 0 Å². The highest BCUT2D eigenvalue weighted by Crippen LogP contribution is 2.27. The number of benzene rings is 1. The smallest absolute Gasteiger partial charge is 0.335 e. The van der Waals surface area contributed by atoms with Gasteiger partial charge in [0.05, 0.1) is 12.7 Å². The van der Waals surface area contributed by atoms with E-state index in [4.69, 9.17) is 9.84 Å². The van der Waals surface area contributed by atoms with Crippen molar-refractivity contribution in [1.82, 2.24) is 4.90 Å². The number of nitrogens with zero attached hydrogens (tertiary/aromatic N) is 1. The second-order valence-electron chi connectivity index (χ2n) is 6.29. The second-order valence-corrected chi connectivity index (χ2v) is 6.29. The van der Waals surface area contributed by atoms with Crippen molar-refractivity contribution < 1.29 is 14.6 Å². The van der Waals surface area contributed by atoms with Crippen LogP contribution >= 0.6 is 0 Å². The van der Waals surface area contributed by atoms with Crippen LogP contribution in [0.25, 0.3) is 0 Å². The van der Waals surface area contributed by atoms with Crippen LogP contribution in [0.1, 0.15) is 43.6 Å². The van der Waals surface area contributed by atoms with Gasteiger partial charge in [-0.05, 0) is 37.6 Å². The minimum atomic E-state index is -0.916. The number of rotatable bonds is 5. The van der Waals surface area contributed by atoms with Gasteiger partial charge in [-0.25, -0.2) is 4.79 Å². The molecule has 0 amide bonds. The molecule has 0 saturated carbocycles. The van der Waals surface area contributed by atoms with Crippen LogP contribution in [-0.2, 0) is 6.54 Å². The third-order valence-electron chi connectivity index (χ3n) is 3.86. The summed E-state index contributed by atoms with van der Waals surface area (Å²) in [5.74, 6) is -0.191. The van der Waals surface area contributed by atoms with Crippen LogP contribution in [0.2, 0.25) is 0 Å². The van der Waals surface area contributed by atoms with Crippen molar-refractivity contribution in [2.75, 3.05) is 14.2 Å². The highest BCUT2D eigenvalue weighted by molar-refractivity contribution is 5.88. The standard InChI is InChI=1S/C16H25NO3/c1-11(16(2,3)4)17(5)10-13-9-12(15(18)19)7-8-14(13)20-6/h7-9,11H,10H2,1-6H3,(H,18,19). The first-order valence-corrected chi connectivity index (χ1v) is 6.77. The largest absolute Gasteiger partial charge is 0.496 e. The van der Waals surface area contributed by atoms with Gasteiger partial charge in [-0.3, -0.25) is 4.90 Å². The number of aromatic carboxylic acids is 1. The van der Waals surface area contributed by atoms with Gasteiger partial charge in [-0.1, -0.05) is 20.8 Å². The van der Waals surface area contributed by atoms with Crippen LogP contribution < -0.4 is 4.74 Å². The SMILES string of the molecule is COc1ccc(C(=O)O)cc1CN(C)C(C)C(C)(C)C. The molecule has 1 N–H and O–H groups in total. The normalized spacial score (nSPS) is 13.3. The Morgan fingerprint density at radius 1 is 1.40 bits per heavy atom. The summed E-state index contributed by atoms with van der Waals surface area (Å²) in [5.41, 5.74) is 1.34. The first-order valence-electron chi connectivity index (χ1n) is 6.77. The van der Waals surface area contributed by atoms with Gasteiger partial charge in [0.2, 0.25) is 0 Å². The van der Waals surface area contributed by atoms with E-state index in [9.17, 15) is 4.79 Å². The average molecular weight is 279 g/mol. The van der Waals surface area contributed by atoms with Crippen LogP contribution in [0.15, 0.2) is 18.2 Å². The molecule has 112 valence electrons. The van der Waals surface area contributed by atoms with Crippen molar-refractivity contribution >= 4 is 5.97 Å². The summed E-state index contributed by atoms with van der Waals surface area (Å²) in [7, 11) is 3.65. The van der Waals surface area contributed by atoms with E-state index in [1.54, 1.807) is 25.3 Å². The van der Waals surface area contributed by atoms with Gasteiger partial charge in [0.15, 0.2) is 0 Å². The van der Waals surface area contributed by atoms with Crippen LogP contribution in [0.5, 0.6) is 5.75 Å². The maximum absolute atomic E-state index is 11.1. The highest BCUT2D eigenvalue weighted by atomic mass is 16.5. The van der Waals surface area contributed by atoms with Gasteiger partial charge in [-0.15, -0.1) is 0 Å². The van der Waals surface area contributed by atoms with Crippen molar-refractivity contribution in [2.45, 2.75) is 40.3 Å². The Morgan fingerprint density at radius 3 is 2.45 bits per heavy atom. The molecule has 0 aliphatic carbocycles. The summed E-state index contributed by atoms with van der Waals surface area (Å²) in [6.45, 7) is 9.41. The van der Waals surface area contributed by atoms with Crippen molar-refractivity contribution in [3.05, 3.63) is 29.3 Å². The molecule has 1 rings (SSSR count). The molecule has 1 aromatic rings. The topological polar surface area (TPSA) is 49.8 Å². The molecule has 0 saturated heterocycles. The monoisotopic (exact) mass is 279 g/mol. The molecule has 20 heavy (non-hydrogen) atoms. The summed E-state index contributed by atoms with van der Waals surface area (Å²) in [4.78, 5) is 13.3. The fraction of sp³-hybridized carbons (Fsp3) is 0.562. The molecule has 1 aromatic carbocycles. The third-order valence-corrected chi connectivity index (χ3v) is 3.86. The van der Waals surface area contributed by atoms with E-state index >= 15 is 0 Å². The third kappa shape index (κ3) is 3.97. The number of carboxylic acid groups (broad SMARTS) is 1. The molecule has 0 aliphatic heterocycles. The lowest BCUT2D eigenvalue weighted by molar-refractivity contribution is 0.0696. The first-order chi connectivity index (χ1) is 9.16. The van der Waals surface area contributed by atoms with Gasteiger partial charge in [0, 0.05) is 18.2 Å². The molecule has 0 radical (unpaired) electrons. The lowest BCUT2D eigenvalue weighted by Gasteiger charge is -2.35. The van der Waals surface area contributed by atoms with E-state index in [1.165, 1.54) is 0 Å². The molecule has 0 spiro atoms. The Kier molecular flexibility index (Phi) is 5.17. The van der Waals surface area contributed by atoms with Gasteiger partial charge in [0.1, 0.15) is 5.75 Å². The zero-order chi connectivity index (χ0) is 15.5. The molecule has 0 heterocycles. The maximum atomic E-state index is 11.1. The van der Waals surface area contributed by atoms with Gasteiger partial charge in [-0.2, -0.15) is 0 Å². The lowest BCUT2D eigenvalue weighted by Crippen LogP contribution is -2.38. The van der Waals surface area contributed by atoms with Gasteiger partial charge >= 0.3 is 5.97 Å². The fourth-order valence-electron chi connectivity index (χ4n) is 2.10. The van der Waals surface area contributed by atoms with E-state index < -0.39 is 5.97 Å². The number of carboxylic acids is 1. The van der Waals surface area contributed by atoms with Crippen LogP contribution in [0.3, 0.4) is 0 Å². The maximum Gasteiger partial charge on any atom is 0.335 e. The Morgan fingerprint density at radius 2 is 2.00 bits per heavy atom. The molecule has 1 unspecified atom stereocenters. The summed E-state index contributed by atoms with van der Waals surface area (Å²) >= 11 is 0. The first kappa shape index (κ1) is 16.5. The highest BCUT2D eigenvalue weighted by Gasteiger charge is 2.24.